The van der Waals surface area contributed by atoms with Crippen LogP contribution >= 0.6 is 0 Å². The molecule has 0 amide bonds. The van der Waals surface area contributed by atoms with E-state index in [0.717, 1.165) is 17.6 Å². The van der Waals surface area contributed by atoms with E-state index in [2.05, 4.69) is 17.4 Å². The summed E-state index contributed by atoms with van der Waals surface area (Å²) < 4.78 is 181. The SMILES string of the molecule is C.C.C.C.C.C.C=C=O.CCC(C)C(=O)OCCC(F)(F)C(F)(F)C(F)(F)C(F)(F)C(F)(F)C(F)(F)F.CCC(C)C(=O)OCCOc1ccc2ccccc2c1. The molecule has 0 radical (unpaired) electrons. The molecule has 2 aromatic rings. The highest BCUT2D eigenvalue weighted by Gasteiger charge is 2.90. The molecule has 0 heterocycles. The first-order valence-electron chi connectivity index (χ1n) is 14.8. The maximum absolute atomic E-state index is 13.4. The molecule has 2 rings (SSSR count). The number of carbonyl (C=O) groups is 2. The average Bonchev–Trinajstić information content (AvgIpc) is 3.05. The Balaban J connectivity index is -0.000000154. The van der Waals surface area contributed by atoms with E-state index in [0.29, 0.717) is 6.61 Å². The Morgan fingerprint density at radius 3 is 1.40 bits per heavy atom. The number of alkyl halides is 13. The summed E-state index contributed by atoms with van der Waals surface area (Å²) >= 11 is 0. The number of hydrogen-bond acceptors (Lipinski definition) is 6. The second kappa shape index (κ2) is 27.6. The van der Waals surface area contributed by atoms with Crippen molar-refractivity contribution < 1.29 is 85.7 Å². The van der Waals surface area contributed by atoms with Crippen LogP contribution in [0.3, 0.4) is 0 Å². The van der Waals surface area contributed by atoms with Gasteiger partial charge in [-0.25, -0.2) is 4.79 Å². The van der Waals surface area contributed by atoms with E-state index in [-0.39, 0.29) is 69.5 Å². The first-order chi connectivity index (χ1) is 23.2. The topological polar surface area (TPSA) is 78.9 Å². The van der Waals surface area contributed by atoms with E-state index >= 15 is 0 Å². The summed E-state index contributed by atoms with van der Waals surface area (Å²) in [6, 6.07) is 14.1. The van der Waals surface area contributed by atoms with Gasteiger partial charge in [-0.1, -0.05) is 103 Å². The van der Waals surface area contributed by atoms with Crippen LogP contribution in [0.4, 0.5) is 57.1 Å². The number of esters is 2. The van der Waals surface area contributed by atoms with Crippen LogP contribution in [-0.2, 0) is 23.9 Å². The van der Waals surface area contributed by atoms with Gasteiger partial charge in [-0.2, -0.15) is 57.1 Å². The van der Waals surface area contributed by atoms with E-state index < -0.39 is 60.7 Å². The normalized spacial score (nSPS) is 12.3. The van der Waals surface area contributed by atoms with Gasteiger partial charge in [-0.3, -0.25) is 9.59 Å². The summed E-state index contributed by atoms with van der Waals surface area (Å²) in [7, 11) is 0. The fourth-order valence-electron chi connectivity index (χ4n) is 3.42. The second-order valence-electron chi connectivity index (χ2n) is 10.7. The minimum absolute atomic E-state index is 0. The van der Waals surface area contributed by atoms with Crippen LogP contribution in [0, 0.1) is 11.8 Å². The van der Waals surface area contributed by atoms with Crippen LogP contribution in [0.2, 0.25) is 0 Å². The van der Waals surface area contributed by atoms with Crippen molar-refractivity contribution in [1.29, 1.82) is 0 Å². The standard InChI is InChI=1S/C17H20O3.C13H13F13O2.C2H2O.6CH4/c1-3-13(2)17(18)20-11-10-19-16-9-8-14-6-4-5-7-15(14)12-16;1-3-6(2)7(27)28-5-4-8(14,15)9(16,17)10(18,19)11(20,21)12(22,23)13(24,25)26;1-2-3;;;;;;/h4-9,12-13H,3,10-11H2,1-2H3;6H,3-5H2,1-2H3;1H2;6*1H4. The molecule has 0 saturated heterocycles. The lowest BCUT2D eigenvalue weighted by atomic mass is 9.93. The number of carbonyl (C=O) groups excluding carboxylic acids is 3. The molecule has 0 aromatic heterocycles. The van der Waals surface area contributed by atoms with Crippen molar-refractivity contribution in [3.05, 3.63) is 49.0 Å². The van der Waals surface area contributed by atoms with Crippen LogP contribution in [0.1, 0.15) is 91.5 Å². The monoisotopic (exact) mass is 858 g/mol. The summed E-state index contributed by atoms with van der Waals surface area (Å²) in [5.74, 6) is -37.5. The minimum atomic E-state index is -7.93. The highest BCUT2D eigenvalue weighted by atomic mass is 19.4. The third-order valence-corrected chi connectivity index (χ3v) is 7.01. The highest BCUT2D eigenvalue weighted by molar-refractivity contribution is 5.83. The summed E-state index contributed by atoms with van der Waals surface area (Å²) in [4.78, 5) is 31.2. The van der Waals surface area contributed by atoms with E-state index in [1.54, 1.807) is 0 Å². The van der Waals surface area contributed by atoms with Crippen molar-refractivity contribution in [2.45, 2.75) is 127 Å². The molecule has 2 atom stereocenters. The van der Waals surface area contributed by atoms with Crippen molar-refractivity contribution in [2.75, 3.05) is 19.8 Å². The Kier molecular flexibility index (Phi) is 32.8. The third kappa shape index (κ3) is 17.2. The van der Waals surface area contributed by atoms with Crippen molar-refractivity contribution in [2.24, 2.45) is 11.8 Å². The van der Waals surface area contributed by atoms with E-state index in [4.69, 9.17) is 14.3 Å². The molecular formula is C38H59F13O6. The summed E-state index contributed by atoms with van der Waals surface area (Å²) in [5.41, 5.74) is 0. The quantitative estimate of drug-likeness (QED) is 0.0768. The van der Waals surface area contributed by atoms with Crippen LogP contribution in [0.25, 0.3) is 10.8 Å². The lowest BCUT2D eigenvalue weighted by molar-refractivity contribution is -0.440. The predicted molar refractivity (Wildman–Crippen MR) is 197 cm³/mol. The summed E-state index contributed by atoms with van der Waals surface area (Å²) in [6.07, 6.45) is -9.12. The number of fused-ring (bicyclic) bond motifs is 1. The molecule has 0 N–H and O–H groups in total. The molecule has 6 nitrogen and oxygen atoms in total. The molecule has 19 heteroatoms. The van der Waals surface area contributed by atoms with Crippen molar-refractivity contribution >= 4 is 28.7 Å². The zero-order valence-electron chi connectivity index (χ0n) is 27.5. The number of rotatable bonds is 15. The molecule has 0 aliphatic carbocycles. The van der Waals surface area contributed by atoms with Gasteiger partial charge < -0.3 is 14.2 Å². The zero-order valence-corrected chi connectivity index (χ0v) is 27.5. The van der Waals surface area contributed by atoms with E-state index in [9.17, 15) is 66.7 Å². The molecular weight excluding hydrogens is 799 g/mol. The molecule has 0 aliphatic rings. The Hall–Kier alpha value is -4.02. The van der Waals surface area contributed by atoms with Crippen LogP contribution in [0.5, 0.6) is 5.75 Å². The van der Waals surface area contributed by atoms with Crippen molar-refractivity contribution in [1.82, 2.24) is 0 Å². The number of ether oxygens (including phenoxy) is 3. The number of hydrogen-bond donors (Lipinski definition) is 0. The zero-order chi connectivity index (χ0) is 40.1. The van der Waals surface area contributed by atoms with Gasteiger partial charge in [0.25, 0.3) is 0 Å². The van der Waals surface area contributed by atoms with E-state index in [1.807, 2.05) is 50.2 Å². The van der Waals surface area contributed by atoms with Crippen LogP contribution in [0.15, 0.2) is 49.0 Å². The molecule has 2 unspecified atom stereocenters. The molecule has 0 spiro atoms. The number of halogens is 13. The Bertz CT molecular complexity index is 1440. The lowest BCUT2D eigenvalue weighted by Crippen LogP contribution is -2.70. The van der Waals surface area contributed by atoms with Gasteiger partial charge in [0.2, 0.25) is 0 Å². The van der Waals surface area contributed by atoms with Gasteiger partial charge in [-0.15, -0.1) is 0 Å². The molecule has 0 bridgehead atoms. The fourth-order valence-corrected chi connectivity index (χ4v) is 3.42. The maximum Gasteiger partial charge on any atom is 0.460 e. The van der Waals surface area contributed by atoms with Gasteiger partial charge in [-0.05, 0) is 42.3 Å². The molecule has 57 heavy (non-hydrogen) atoms. The summed E-state index contributed by atoms with van der Waals surface area (Å²) in [5, 5.41) is 2.32. The second-order valence-corrected chi connectivity index (χ2v) is 10.7. The van der Waals surface area contributed by atoms with Gasteiger partial charge in [0.15, 0.2) is 0 Å². The molecule has 0 aliphatic heterocycles. The summed E-state index contributed by atoms with van der Waals surface area (Å²) in [6.45, 7) is 8.07. The molecule has 0 saturated carbocycles. The smallest absolute Gasteiger partial charge is 0.460 e. The van der Waals surface area contributed by atoms with Gasteiger partial charge >= 0.3 is 47.7 Å². The molecule has 0 fully saturated rings. The first-order valence-corrected chi connectivity index (χ1v) is 14.8. The van der Waals surface area contributed by atoms with Crippen LogP contribution < -0.4 is 4.74 Å². The fraction of sp³-hybridized carbons (Fsp3) is 0.632. The third-order valence-electron chi connectivity index (χ3n) is 7.01. The molecule has 338 valence electrons. The van der Waals surface area contributed by atoms with Crippen molar-refractivity contribution in [3.63, 3.8) is 0 Å². The van der Waals surface area contributed by atoms with Crippen LogP contribution in [-0.4, -0.2) is 73.5 Å². The van der Waals surface area contributed by atoms with E-state index in [1.165, 1.54) is 25.2 Å². The number of benzene rings is 2. The Labute approximate surface area is 328 Å². The minimum Gasteiger partial charge on any atom is -0.490 e. The largest absolute Gasteiger partial charge is 0.490 e. The Morgan fingerprint density at radius 2 is 1.00 bits per heavy atom. The van der Waals surface area contributed by atoms with Gasteiger partial charge in [0.05, 0.1) is 24.9 Å². The molecule has 2 aromatic carbocycles. The maximum atomic E-state index is 13.4. The first kappa shape index (κ1) is 67.7. The lowest BCUT2D eigenvalue weighted by Gasteiger charge is -2.39. The Morgan fingerprint density at radius 1 is 0.614 bits per heavy atom. The predicted octanol–water partition coefficient (Wildman–Crippen LogP) is 13.3. The van der Waals surface area contributed by atoms with Gasteiger partial charge in [0.1, 0.15) is 24.9 Å². The highest BCUT2D eigenvalue weighted by Crippen LogP contribution is 2.60. The average molecular weight is 859 g/mol. The van der Waals surface area contributed by atoms with Crippen molar-refractivity contribution in [3.8, 4) is 5.75 Å². The van der Waals surface area contributed by atoms with Gasteiger partial charge in [0, 0.05) is 0 Å².